The number of fused-ring (bicyclic) bond motifs is 1. The van der Waals surface area contributed by atoms with Crippen molar-refractivity contribution in [3.8, 4) is 0 Å². The summed E-state index contributed by atoms with van der Waals surface area (Å²) in [6.07, 6.45) is 4.37. The minimum Gasteiger partial charge on any atom is -0.337 e. The second-order valence-corrected chi connectivity index (χ2v) is 5.23. The van der Waals surface area contributed by atoms with E-state index in [9.17, 15) is 4.79 Å². The summed E-state index contributed by atoms with van der Waals surface area (Å²) in [6.45, 7) is 6.79. The van der Waals surface area contributed by atoms with E-state index in [2.05, 4.69) is 25.7 Å². The van der Waals surface area contributed by atoms with Crippen molar-refractivity contribution in [1.29, 1.82) is 0 Å². The Morgan fingerprint density at radius 3 is 2.71 bits per heavy atom. The van der Waals surface area contributed by atoms with Crippen LogP contribution >= 0.6 is 0 Å². The first-order valence-electron chi connectivity index (χ1n) is 5.92. The normalized spacial score (nSPS) is 37.9. The van der Waals surface area contributed by atoms with Gasteiger partial charge in [0, 0.05) is 18.5 Å². The maximum absolute atomic E-state index is 11.8. The van der Waals surface area contributed by atoms with E-state index in [1.54, 1.807) is 0 Å². The topological polar surface area (TPSA) is 20.3 Å². The fraction of sp³-hybridized carbons (Fsp3) is 0.917. The van der Waals surface area contributed by atoms with Gasteiger partial charge in [0.25, 0.3) is 0 Å². The van der Waals surface area contributed by atoms with Gasteiger partial charge in [-0.25, -0.2) is 0 Å². The van der Waals surface area contributed by atoms with Crippen LogP contribution in [0, 0.1) is 11.8 Å². The fourth-order valence-electron chi connectivity index (χ4n) is 3.30. The van der Waals surface area contributed by atoms with Crippen molar-refractivity contribution in [3.63, 3.8) is 0 Å². The molecule has 3 unspecified atom stereocenters. The Kier molecular flexibility index (Phi) is 2.54. The van der Waals surface area contributed by atoms with Gasteiger partial charge in [-0.2, -0.15) is 0 Å². The van der Waals surface area contributed by atoms with Crippen molar-refractivity contribution < 1.29 is 4.79 Å². The summed E-state index contributed by atoms with van der Waals surface area (Å²) in [5, 5.41) is 0. The minimum absolute atomic E-state index is 0.400. The van der Waals surface area contributed by atoms with Crippen molar-refractivity contribution in [2.45, 2.75) is 58.5 Å². The van der Waals surface area contributed by atoms with Crippen LogP contribution in [-0.2, 0) is 4.79 Å². The first kappa shape index (κ1) is 10.0. The lowest BCUT2D eigenvalue weighted by Gasteiger charge is -2.33. The van der Waals surface area contributed by atoms with Gasteiger partial charge in [-0.15, -0.1) is 0 Å². The largest absolute Gasteiger partial charge is 0.337 e. The van der Waals surface area contributed by atoms with Gasteiger partial charge < -0.3 is 4.90 Å². The molecule has 0 aromatic carbocycles. The number of carbonyl (C=O) groups excluding carboxylic acids is 1. The molecule has 0 aliphatic carbocycles. The number of hydrogen-bond donors (Lipinski definition) is 0. The zero-order valence-electron chi connectivity index (χ0n) is 9.49. The van der Waals surface area contributed by atoms with Gasteiger partial charge in [-0.05, 0) is 38.0 Å². The quantitative estimate of drug-likeness (QED) is 0.629. The molecule has 80 valence electrons. The van der Waals surface area contributed by atoms with Crippen molar-refractivity contribution in [2.75, 3.05) is 0 Å². The number of hydrogen-bond acceptors (Lipinski definition) is 1. The highest BCUT2D eigenvalue weighted by atomic mass is 16.2. The fourth-order valence-corrected chi connectivity index (χ4v) is 3.30. The molecule has 0 N–H and O–H groups in total. The zero-order valence-corrected chi connectivity index (χ0v) is 9.49. The number of nitrogens with zero attached hydrogens (tertiary/aromatic N) is 1. The molecule has 14 heavy (non-hydrogen) atoms. The SMILES string of the molecule is CC(C)C1CC2CCCC(=O)N2C1C. The summed E-state index contributed by atoms with van der Waals surface area (Å²) in [6, 6.07) is 1.05. The average molecular weight is 195 g/mol. The van der Waals surface area contributed by atoms with Crippen LogP contribution in [0.5, 0.6) is 0 Å². The summed E-state index contributed by atoms with van der Waals surface area (Å²) in [4.78, 5) is 14.0. The molecule has 0 radical (unpaired) electrons. The molecule has 0 bridgehead atoms. The van der Waals surface area contributed by atoms with Gasteiger partial charge in [0.1, 0.15) is 0 Å². The average Bonchev–Trinajstić information content (AvgIpc) is 2.45. The third kappa shape index (κ3) is 1.45. The molecule has 2 saturated heterocycles. The Morgan fingerprint density at radius 1 is 1.43 bits per heavy atom. The maximum atomic E-state index is 11.8. The van der Waals surface area contributed by atoms with Crippen LogP contribution in [0.25, 0.3) is 0 Å². The highest BCUT2D eigenvalue weighted by Crippen LogP contribution is 2.39. The van der Waals surface area contributed by atoms with Gasteiger partial charge in [0.2, 0.25) is 5.91 Å². The van der Waals surface area contributed by atoms with Crippen molar-refractivity contribution >= 4 is 5.91 Å². The molecule has 2 heteroatoms. The molecule has 0 aromatic rings. The van der Waals surface area contributed by atoms with Crippen LogP contribution in [-0.4, -0.2) is 22.9 Å². The lowest BCUT2D eigenvalue weighted by Crippen LogP contribution is -2.43. The predicted octanol–water partition coefficient (Wildman–Crippen LogP) is 2.43. The second kappa shape index (κ2) is 3.56. The predicted molar refractivity (Wildman–Crippen MR) is 56.9 cm³/mol. The molecule has 2 heterocycles. The van der Waals surface area contributed by atoms with Gasteiger partial charge in [0.15, 0.2) is 0 Å². The molecule has 3 atom stereocenters. The Hall–Kier alpha value is -0.530. The van der Waals surface area contributed by atoms with Crippen LogP contribution in [0.15, 0.2) is 0 Å². The first-order chi connectivity index (χ1) is 6.61. The third-order valence-corrected chi connectivity index (χ3v) is 4.07. The van der Waals surface area contributed by atoms with Gasteiger partial charge in [0.05, 0.1) is 0 Å². The van der Waals surface area contributed by atoms with E-state index in [0.717, 1.165) is 18.8 Å². The summed E-state index contributed by atoms with van der Waals surface area (Å²) in [5.74, 6) is 1.84. The van der Waals surface area contributed by atoms with E-state index in [0.29, 0.717) is 23.9 Å². The van der Waals surface area contributed by atoms with Crippen LogP contribution < -0.4 is 0 Å². The standard InChI is InChI=1S/C12H21NO/c1-8(2)11-7-10-5-4-6-12(14)13(10)9(11)3/h8-11H,4-7H2,1-3H3. The molecule has 2 aliphatic heterocycles. The molecular weight excluding hydrogens is 174 g/mol. The molecule has 2 fully saturated rings. The number of carbonyl (C=O) groups is 1. The summed E-state index contributed by atoms with van der Waals surface area (Å²) in [5.41, 5.74) is 0. The lowest BCUT2D eigenvalue weighted by atomic mass is 9.88. The molecule has 0 aromatic heterocycles. The van der Waals surface area contributed by atoms with Gasteiger partial charge in [-0.3, -0.25) is 4.79 Å². The van der Waals surface area contributed by atoms with Crippen LogP contribution in [0.1, 0.15) is 46.5 Å². The highest BCUT2D eigenvalue weighted by Gasteiger charge is 2.43. The van der Waals surface area contributed by atoms with Crippen LogP contribution in [0.2, 0.25) is 0 Å². The minimum atomic E-state index is 0.400. The zero-order chi connectivity index (χ0) is 10.3. The molecule has 2 aliphatic rings. The Balaban J connectivity index is 2.15. The summed E-state index contributed by atoms with van der Waals surface area (Å²) in [7, 11) is 0. The van der Waals surface area contributed by atoms with Gasteiger partial charge >= 0.3 is 0 Å². The Morgan fingerprint density at radius 2 is 2.14 bits per heavy atom. The summed E-state index contributed by atoms with van der Waals surface area (Å²) >= 11 is 0. The molecule has 2 nitrogen and oxygen atoms in total. The smallest absolute Gasteiger partial charge is 0.223 e. The van der Waals surface area contributed by atoms with Crippen molar-refractivity contribution in [3.05, 3.63) is 0 Å². The Labute approximate surface area is 86.7 Å². The van der Waals surface area contributed by atoms with Crippen molar-refractivity contribution in [2.24, 2.45) is 11.8 Å². The van der Waals surface area contributed by atoms with E-state index in [1.165, 1.54) is 12.8 Å². The monoisotopic (exact) mass is 195 g/mol. The van der Waals surface area contributed by atoms with E-state index in [1.807, 2.05) is 0 Å². The highest BCUT2D eigenvalue weighted by molar-refractivity contribution is 5.78. The molecule has 0 spiro atoms. The van der Waals surface area contributed by atoms with E-state index in [4.69, 9.17) is 0 Å². The third-order valence-electron chi connectivity index (χ3n) is 4.07. The second-order valence-electron chi connectivity index (χ2n) is 5.23. The molecule has 0 saturated carbocycles. The van der Waals surface area contributed by atoms with Crippen molar-refractivity contribution in [1.82, 2.24) is 4.90 Å². The molecule has 2 rings (SSSR count). The first-order valence-corrected chi connectivity index (χ1v) is 5.92. The number of rotatable bonds is 1. The Bertz CT molecular complexity index is 236. The van der Waals surface area contributed by atoms with Crippen LogP contribution in [0.3, 0.4) is 0 Å². The van der Waals surface area contributed by atoms with E-state index >= 15 is 0 Å². The van der Waals surface area contributed by atoms with Gasteiger partial charge in [-0.1, -0.05) is 13.8 Å². The molecular formula is C12H21NO. The van der Waals surface area contributed by atoms with Crippen LogP contribution in [0.4, 0.5) is 0 Å². The number of piperidine rings is 1. The summed E-state index contributed by atoms with van der Waals surface area (Å²) < 4.78 is 0. The van der Waals surface area contributed by atoms with E-state index in [-0.39, 0.29) is 0 Å². The van der Waals surface area contributed by atoms with E-state index < -0.39 is 0 Å². The molecule has 1 amide bonds. The lowest BCUT2D eigenvalue weighted by molar-refractivity contribution is -0.136. The maximum Gasteiger partial charge on any atom is 0.223 e. The number of amides is 1.